The standard InChI is InChI=1S/C20H17FN2O6/c1-28-19(24)12-22-11-14-5-3-13(4-6-14)7-8-16-17(20(25)29-2)9-15(21)10-18(16)23(26)27/h3-6,9-10,22H,11-12H2,1-2H3. The fourth-order valence-corrected chi connectivity index (χ4v) is 2.36. The molecule has 0 aromatic heterocycles. The van der Waals surface area contributed by atoms with Crippen LogP contribution in [0.2, 0.25) is 0 Å². The highest BCUT2D eigenvalue weighted by Gasteiger charge is 2.23. The van der Waals surface area contributed by atoms with Crippen molar-refractivity contribution < 1.29 is 28.4 Å². The van der Waals surface area contributed by atoms with Gasteiger partial charge in [0.2, 0.25) is 0 Å². The van der Waals surface area contributed by atoms with Crippen LogP contribution < -0.4 is 5.32 Å². The number of nitro benzene ring substituents is 1. The van der Waals surface area contributed by atoms with Gasteiger partial charge >= 0.3 is 11.9 Å². The van der Waals surface area contributed by atoms with E-state index in [4.69, 9.17) is 0 Å². The predicted molar refractivity (Wildman–Crippen MR) is 101 cm³/mol. The number of halogens is 1. The topological polar surface area (TPSA) is 108 Å². The maximum absolute atomic E-state index is 13.7. The van der Waals surface area contributed by atoms with Gasteiger partial charge in [0.1, 0.15) is 11.4 Å². The number of hydrogen-bond donors (Lipinski definition) is 1. The molecule has 0 aliphatic heterocycles. The molecule has 8 nitrogen and oxygen atoms in total. The summed E-state index contributed by atoms with van der Waals surface area (Å²) in [6.45, 7) is 0.501. The molecule has 0 saturated carbocycles. The van der Waals surface area contributed by atoms with Crippen LogP contribution in [0.1, 0.15) is 27.0 Å². The number of carbonyl (C=O) groups excluding carboxylic acids is 2. The summed E-state index contributed by atoms with van der Waals surface area (Å²) in [5, 5.41) is 14.2. The van der Waals surface area contributed by atoms with Crippen LogP contribution in [0.5, 0.6) is 0 Å². The molecule has 0 heterocycles. The van der Waals surface area contributed by atoms with Crippen molar-refractivity contribution in [3.05, 3.63) is 74.6 Å². The summed E-state index contributed by atoms with van der Waals surface area (Å²) in [5.41, 5.74) is 0.225. The number of benzene rings is 2. The molecule has 150 valence electrons. The number of rotatable bonds is 6. The second kappa shape index (κ2) is 9.96. The fraction of sp³-hybridized carbons (Fsp3) is 0.200. The van der Waals surface area contributed by atoms with Crippen molar-refractivity contribution in [2.24, 2.45) is 0 Å². The zero-order chi connectivity index (χ0) is 21.4. The lowest BCUT2D eigenvalue weighted by Crippen LogP contribution is -2.23. The minimum absolute atomic E-state index is 0.0720. The minimum atomic E-state index is -0.938. The Hall–Kier alpha value is -3.77. The molecule has 2 aromatic carbocycles. The molecule has 2 rings (SSSR count). The molecule has 9 heteroatoms. The van der Waals surface area contributed by atoms with Gasteiger partial charge in [-0.2, -0.15) is 0 Å². The van der Waals surface area contributed by atoms with Gasteiger partial charge in [-0.05, 0) is 23.8 Å². The molecule has 0 aliphatic rings. The van der Waals surface area contributed by atoms with Crippen molar-refractivity contribution in [1.29, 1.82) is 0 Å². The second-order valence-corrected chi connectivity index (χ2v) is 5.72. The van der Waals surface area contributed by atoms with E-state index in [0.717, 1.165) is 18.7 Å². The molecular formula is C20H17FN2O6. The van der Waals surface area contributed by atoms with Crippen molar-refractivity contribution in [2.75, 3.05) is 20.8 Å². The number of esters is 2. The van der Waals surface area contributed by atoms with Gasteiger partial charge in [-0.15, -0.1) is 0 Å². The lowest BCUT2D eigenvalue weighted by atomic mass is 10.0. The van der Waals surface area contributed by atoms with Crippen LogP contribution >= 0.6 is 0 Å². The number of ether oxygens (including phenoxy) is 2. The molecule has 0 amide bonds. The maximum atomic E-state index is 13.7. The first-order chi connectivity index (χ1) is 13.8. The van der Waals surface area contributed by atoms with Gasteiger partial charge in [0.25, 0.3) is 5.69 Å². The van der Waals surface area contributed by atoms with E-state index in [-0.39, 0.29) is 23.6 Å². The van der Waals surface area contributed by atoms with Gasteiger partial charge < -0.3 is 14.8 Å². The summed E-state index contributed by atoms with van der Waals surface area (Å²) in [6, 6.07) is 8.42. The van der Waals surface area contributed by atoms with E-state index in [9.17, 15) is 24.1 Å². The number of nitrogens with zero attached hydrogens (tertiary/aromatic N) is 1. The number of carbonyl (C=O) groups is 2. The molecule has 0 atom stereocenters. The highest BCUT2D eigenvalue weighted by molar-refractivity contribution is 5.94. The van der Waals surface area contributed by atoms with Crippen LogP contribution in [-0.2, 0) is 20.8 Å². The zero-order valence-corrected chi connectivity index (χ0v) is 15.7. The van der Waals surface area contributed by atoms with Crippen LogP contribution in [0.4, 0.5) is 10.1 Å². The minimum Gasteiger partial charge on any atom is -0.468 e. The average molecular weight is 400 g/mol. The normalized spacial score (nSPS) is 9.90. The van der Waals surface area contributed by atoms with Crippen LogP contribution in [0, 0.1) is 27.8 Å². The van der Waals surface area contributed by atoms with E-state index in [1.165, 1.54) is 7.11 Å². The Labute approximate surface area is 165 Å². The first kappa shape index (κ1) is 21.5. The van der Waals surface area contributed by atoms with Crippen molar-refractivity contribution in [2.45, 2.75) is 6.54 Å². The molecule has 0 saturated heterocycles. The largest absolute Gasteiger partial charge is 0.468 e. The second-order valence-electron chi connectivity index (χ2n) is 5.72. The fourth-order valence-electron chi connectivity index (χ4n) is 2.36. The third-order valence-corrected chi connectivity index (χ3v) is 3.80. The van der Waals surface area contributed by atoms with Crippen LogP contribution in [0.3, 0.4) is 0 Å². The molecule has 0 spiro atoms. The Kier molecular flexibility index (Phi) is 7.40. The quantitative estimate of drug-likeness (QED) is 0.343. The molecule has 2 aromatic rings. The molecular weight excluding hydrogens is 383 g/mol. The Bertz CT molecular complexity index is 993. The Morgan fingerprint density at radius 3 is 2.41 bits per heavy atom. The Balaban J connectivity index is 2.28. The van der Waals surface area contributed by atoms with Gasteiger partial charge in [0, 0.05) is 12.1 Å². The van der Waals surface area contributed by atoms with Crippen LogP contribution in [0.25, 0.3) is 0 Å². The molecule has 0 aliphatic carbocycles. The van der Waals surface area contributed by atoms with E-state index in [1.54, 1.807) is 24.3 Å². The van der Waals surface area contributed by atoms with E-state index >= 15 is 0 Å². The highest BCUT2D eigenvalue weighted by atomic mass is 19.1. The first-order valence-corrected chi connectivity index (χ1v) is 8.30. The van der Waals surface area contributed by atoms with Gasteiger partial charge in [-0.1, -0.05) is 24.0 Å². The number of hydrogen-bond acceptors (Lipinski definition) is 7. The monoisotopic (exact) mass is 400 g/mol. The number of methoxy groups -OCH3 is 2. The SMILES string of the molecule is COC(=O)CNCc1ccc(C#Cc2c(C(=O)OC)cc(F)cc2[N+](=O)[O-])cc1. The summed E-state index contributed by atoms with van der Waals surface area (Å²) in [6.07, 6.45) is 0. The average Bonchev–Trinajstić information content (AvgIpc) is 2.72. The smallest absolute Gasteiger partial charge is 0.339 e. The van der Waals surface area contributed by atoms with Crippen LogP contribution in [0.15, 0.2) is 36.4 Å². The molecule has 1 N–H and O–H groups in total. The van der Waals surface area contributed by atoms with Crippen molar-refractivity contribution in [3.8, 4) is 11.8 Å². The van der Waals surface area contributed by atoms with Gasteiger partial charge in [-0.25, -0.2) is 9.18 Å². The summed E-state index contributed by atoms with van der Waals surface area (Å²) in [7, 11) is 2.39. The number of nitrogens with one attached hydrogen (secondary N) is 1. The number of nitro groups is 1. The maximum Gasteiger partial charge on any atom is 0.339 e. The van der Waals surface area contributed by atoms with Crippen molar-refractivity contribution in [3.63, 3.8) is 0 Å². The molecule has 29 heavy (non-hydrogen) atoms. The third kappa shape index (κ3) is 5.85. The van der Waals surface area contributed by atoms with E-state index < -0.39 is 22.4 Å². The molecule has 0 fully saturated rings. The molecule has 0 radical (unpaired) electrons. The van der Waals surface area contributed by atoms with Gasteiger partial charge in [0.15, 0.2) is 0 Å². The summed E-state index contributed by atoms with van der Waals surface area (Å²) in [5.74, 6) is 3.05. The lowest BCUT2D eigenvalue weighted by molar-refractivity contribution is -0.385. The summed E-state index contributed by atoms with van der Waals surface area (Å²) >= 11 is 0. The van der Waals surface area contributed by atoms with E-state index in [1.807, 2.05) is 0 Å². The zero-order valence-electron chi connectivity index (χ0n) is 15.7. The van der Waals surface area contributed by atoms with E-state index in [2.05, 4.69) is 26.6 Å². The highest BCUT2D eigenvalue weighted by Crippen LogP contribution is 2.24. The lowest BCUT2D eigenvalue weighted by Gasteiger charge is -2.04. The first-order valence-electron chi connectivity index (χ1n) is 8.30. The van der Waals surface area contributed by atoms with Gasteiger partial charge in [0.05, 0.1) is 37.3 Å². The Morgan fingerprint density at radius 2 is 1.83 bits per heavy atom. The van der Waals surface area contributed by atoms with Gasteiger partial charge in [-0.3, -0.25) is 14.9 Å². The predicted octanol–water partition coefficient (Wildman–Crippen LogP) is 2.18. The molecule has 0 unspecified atom stereocenters. The van der Waals surface area contributed by atoms with Crippen LogP contribution in [-0.4, -0.2) is 37.6 Å². The molecule has 0 bridgehead atoms. The van der Waals surface area contributed by atoms with Crippen molar-refractivity contribution >= 4 is 17.6 Å². The Morgan fingerprint density at radius 1 is 1.14 bits per heavy atom. The van der Waals surface area contributed by atoms with E-state index in [0.29, 0.717) is 18.2 Å². The summed E-state index contributed by atoms with van der Waals surface area (Å²) < 4.78 is 22.7. The third-order valence-electron chi connectivity index (χ3n) is 3.80. The summed E-state index contributed by atoms with van der Waals surface area (Å²) in [4.78, 5) is 33.4. The van der Waals surface area contributed by atoms with Crippen molar-refractivity contribution in [1.82, 2.24) is 5.32 Å².